The van der Waals surface area contributed by atoms with Crippen molar-refractivity contribution in [3.63, 3.8) is 0 Å². The first-order valence-electron chi connectivity index (χ1n) is 8.26. The molecule has 1 atom stereocenters. The van der Waals surface area contributed by atoms with Gasteiger partial charge in [-0.25, -0.2) is 0 Å². The van der Waals surface area contributed by atoms with Gasteiger partial charge in [0.05, 0.1) is 18.8 Å². The fraction of sp³-hybridized carbons (Fsp3) is 0.211. The number of hydrogen-bond donors (Lipinski definition) is 2. The lowest BCUT2D eigenvalue weighted by atomic mass is 9.94. The Labute approximate surface area is 155 Å². The van der Waals surface area contributed by atoms with E-state index in [2.05, 4.69) is 15.2 Å². The molecule has 27 heavy (non-hydrogen) atoms. The van der Waals surface area contributed by atoms with Gasteiger partial charge in [0.2, 0.25) is 17.7 Å². The van der Waals surface area contributed by atoms with Crippen LogP contribution in [0.5, 0.6) is 0 Å². The van der Waals surface area contributed by atoms with Crippen LogP contribution in [0, 0.1) is 6.92 Å². The smallest absolute Gasteiger partial charge is 0.304 e. The number of nitrogens with two attached hydrogens (primary N) is 1. The van der Waals surface area contributed by atoms with Gasteiger partial charge >= 0.3 is 5.97 Å². The summed E-state index contributed by atoms with van der Waals surface area (Å²) in [6.07, 6.45) is 3.20. The summed E-state index contributed by atoms with van der Waals surface area (Å²) in [6.45, 7) is 1.65. The van der Waals surface area contributed by atoms with Gasteiger partial charge in [-0.15, -0.1) is 10.2 Å². The van der Waals surface area contributed by atoms with Crippen molar-refractivity contribution in [3.05, 3.63) is 65.6 Å². The van der Waals surface area contributed by atoms with Crippen molar-refractivity contribution in [3.8, 4) is 11.1 Å². The highest BCUT2D eigenvalue weighted by Gasteiger charge is 2.24. The molecule has 1 aromatic carbocycles. The van der Waals surface area contributed by atoms with Crippen LogP contribution in [0.15, 0.2) is 47.1 Å². The van der Waals surface area contributed by atoms with Gasteiger partial charge in [0.25, 0.3) is 0 Å². The molecular formula is C19H18N4O4. The standard InChI is InChI=1S/C19H18N4O4/c1-11-22-23-19(27-11)16(8-18(25)26)15-7-14(9-21-10-15)13-4-2-3-12(5-13)6-17(20)24/h2-5,7,9-10,16H,6,8H2,1H3,(H2,20,24)(H,25,26). The molecule has 1 unspecified atom stereocenters. The summed E-state index contributed by atoms with van der Waals surface area (Å²) in [5.41, 5.74) is 8.33. The minimum atomic E-state index is -0.982. The fourth-order valence-electron chi connectivity index (χ4n) is 2.84. The van der Waals surface area contributed by atoms with Crippen LogP contribution >= 0.6 is 0 Å². The Morgan fingerprint density at radius 3 is 2.67 bits per heavy atom. The predicted octanol–water partition coefficient (Wildman–Crippen LogP) is 2.07. The molecule has 0 spiro atoms. The van der Waals surface area contributed by atoms with Gasteiger partial charge in [0.1, 0.15) is 0 Å². The molecule has 138 valence electrons. The molecule has 0 saturated carbocycles. The van der Waals surface area contributed by atoms with E-state index in [0.29, 0.717) is 11.5 Å². The second kappa shape index (κ2) is 7.77. The summed E-state index contributed by atoms with van der Waals surface area (Å²) in [7, 11) is 0. The maximum absolute atomic E-state index is 11.3. The number of nitrogens with zero attached hydrogens (tertiary/aromatic N) is 3. The maximum atomic E-state index is 11.3. The largest absolute Gasteiger partial charge is 0.481 e. The third kappa shape index (κ3) is 4.55. The predicted molar refractivity (Wildman–Crippen MR) is 95.7 cm³/mol. The zero-order chi connectivity index (χ0) is 19.4. The van der Waals surface area contributed by atoms with Crippen LogP contribution in [-0.2, 0) is 16.0 Å². The van der Waals surface area contributed by atoms with Crippen molar-refractivity contribution in [1.29, 1.82) is 0 Å². The number of carbonyl (C=O) groups excluding carboxylic acids is 1. The molecule has 3 aromatic rings. The molecule has 0 aliphatic heterocycles. The van der Waals surface area contributed by atoms with Gasteiger partial charge in [-0.3, -0.25) is 14.6 Å². The molecule has 0 aliphatic rings. The quantitative estimate of drug-likeness (QED) is 0.654. The van der Waals surface area contributed by atoms with Crippen LogP contribution in [0.25, 0.3) is 11.1 Å². The first-order chi connectivity index (χ1) is 12.9. The number of aliphatic carboxylic acids is 1. The molecule has 8 nitrogen and oxygen atoms in total. The van der Waals surface area contributed by atoms with Crippen LogP contribution in [0.4, 0.5) is 0 Å². The third-order valence-electron chi connectivity index (χ3n) is 4.02. The van der Waals surface area contributed by atoms with E-state index in [9.17, 15) is 14.7 Å². The fourth-order valence-corrected chi connectivity index (χ4v) is 2.84. The summed E-state index contributed by atoms with van der Waals surface area (Å²) in [4.78, 5) is 26.7. The van der Waals surface area contributed by atoms with Gasteiger partial charge in [-0.1, -0.05) is 24.3 Å². The number of aryl methyl sites for hydroxylation is 1. The van der Waals surface area contributed by atoms with Crippen molar-refractivity contribution >= 4 is 11.9 Å². The molecule has 3 rings (SSSR count). The first kappa shape index (κ1) is 18.2. The van der Waals surface area contributed by atoms with E-state index in [4.69, 9.17) is 10.2 Å². The number of carboxylic acids is 1. The molecule has 0 radical (unpaired) electrons. The number of rotatable bonds is 7. The van der Waals surface area contributed by atoms with E-state index < -0.39 is 17.8 Å². The zero-order valence-corrected chi connectivity index (χ0v) is 14.6. The van der Waals surface area contributed by atoms with E-state index in [0.717, 1.165) is 16.7 Å². The average Bonchev–Trinajstić information content (AvgIpc) is 3.05. The van der Waals surface area contributed by atoms with E-state index >= 15 is 0 Å². The molecule has 1 amide bonds. The first-order valence-corrected chi connectivity index (χ1v) is 8.26. The van der Waals surface area contributed by atoms with E-state index in [1.54, 1.807) is 19.3 Å². The van der Waals surface area contributed by atoms with E-state index in [1.165, 1.54) is 0 Å². The minimum Gasteiger partial charge on any atom is -0.481 e. The van der Waals surface area contributed by atoms with Crippen LogP contribution in [-0.4, -0.2) is 32.2 Å². The van der Waals surface area contributed by atoms with E-state index in [-0.39, 0.29) is 18.7 Å². The van der Waals surface area contributed by atoms with Crippen LogP contribution in [0.3, 0.4) is 0 Å². The van der Waals surface area contributed by atoms with Gasteiger partial charge in [0.15, 0.2) is 0 Å². The Morgan fingerprint density at radius 1 is 1.19 bits per heavy atom. The zero-order valence-electron chi connectivity index (χ0n) is 14.6. The van der Waals surface area contributed by atoms with Crippen LogP contribution in [0.1, 0.15) is 35.2 Å². The molecule has 0 fully saturated rings. The lowest BCUT2D eigenvalue weighted by molar-refractivity contribution is -0.137. The molecule has 2 aromatic heterocycles. The number of hydrogen-bond acceptors (Lipinski definition) is 6. The topological polar surface area (TPSA) is 132 Å². The van der Waals surface area contributed by atoms with Crippen molar-refractivity contribution in [2.75, 3.05) is 0 Å². The normalized spacial score (nSPS) is 11.9. The molecule has 3 N–H and O–H groups in total. The maximum Gasteiger partial charge on any atom is 0.304 e. The van der Waals surface area contributed by atoms with Crippen molar-refractivity contribution in [2.24, 2.45) is 5.73 Å². The number of primary amides is 1. The van der Waals surface area contributed by atoms with Crippen molar-refractivity contribution in [2.45, 2.75) is 25.7 Å². The number of aromatic nitrogens is 3. The number of carbonyl (C=O) groups is 2. The van der Waals surface area contributed by atoms with Crippen LogP contribution < -0.4 is 5.73 Å². The van der Waals surface area contributed by atoms with Gasteiger partial charge in [-0.05, 0) is 22.8 Å². The monoisotopic (exact) mass is 366 g/mol. The number of pyridine rings is 1. The van der Waals surface area contributed by atoms with Crippen LogP contribution in [0.2, 0.25) is 0 Å². The summed E-state index contributed by atoms with van der Waals surface area (Å²) >= 11 is 0. The minimum absolute atomic E-state index is 0.143. The highest BCUT2D eigenvalue weighted by Crippen LogP contribution is 2.30. The average molecular weight is 366 g/mol. The lowest BCUT2D eigenvalue weighted by Crippen LogP contribution is -2.13. The third-order valence-corrected chi connectivity index (χ3v) is 4.02. The van der Waals surface area contributed by atoms with E-state index in [1.807, 2.05) is 30.3 Å². The Morgan fingerprint density at radius 2 is 2.00 bits per heavy atom. The summed E-state index contributed by atoms with van der Waals surface area (Å²) in [5, 5.41) is 17.0. The van der Waals surface area contributed by atoms with Crippen molar-refractivity contribution < 1.29 is 19.1 Å². The molecular weight excluding hydrogens is 348 g/mol. The molecule has 8 heteroatoms. The Hall–Kier alpha value is -3.55. The Kier molecular flexibility index (Phi) is 5.25. The second-order valence-corrected chi connectivity index (χ2v) is 6.16. The molecule has 0 bridgehead atoms. The molecule has 0 saturated heterocycles. The lowest BCUT2D eigenvalue weighted by Gasteiger charge is -2.12. The SMILES string of the molecule is Cc1nnc(C(CC(=O)O)c2cncc(-c3cccc(CC(N)=O)c3)c2)o1. The summed E-state index contributed by atoms with van der Waals surface area (Å²) < 4.78 is 5.44. The number of benzene rings is 1. The van der Waals surface area contributed by atoms with Gasteiger partial charge in [0, 0.05) is 24.9 Å². The highest BCUT2D eigenvalue weighted by atomic mass is 16.4. The number of carboxylic acid groups (broad SMARTS) is 1. The summed E-state index contributed by atoms with van der Waals surface area (Å²) in [5.74, 6) is -1.40. The molecule has 0 aliphatic carbocycles. The van der Waals surface area contributed by atoms with Gasteiger partial charge in [-0.2, -0.15) is 0 Å². The second-order valence-electron chi connectivity index (χ2n) is 6.16. The number of amides is 1. The van der Waals surface area contributed by atoms with Crippen molar-refractivity contribution in [1.82, 2.24) is 15.2 Å². The summed E-state index contributed by atoms with van der Waals surface area (Å²) in [6, 6.07) is 9.23. The molecule has 2 heterocycles. The van der Waals surface area contributed by atoms with Gasteiger partial charge < -0.3 is 15.3 Å². The highest BCUT2D eigenvalue weighted by molar-refractivity contribution is 5.77. The Balaban J connectivity index is 1.98. The Bertz CT molecular complexity index is 983.